The van der Waals surface area contributed by atoms with E-state index in [4.69, 9.17) is 0 Å². The van der Waals surface area contributed by atoms with Crippen molar-refractivity contribution in [1.29, 1.82) is 0 Å². The maximum Gasteiger partial charge on any atom is 0.310 e. The molecule has 1 aromatic heterocycles. The summed E-state index contributed by atoms with van der Waals surface area (Å²) in [5, 5.41) is 14.0. The first-order chi connectivity index (χ1) is 8.85. The molecule has 0 amide bonds. The molecule has 0 fully saturated rings. The maximum absolute atomic E-state index is 11.5. The van der Waals surface area contributed by atoms with Crippen LogP contribution in [0.2, 0.25) is 0 Å². The number of hydrogen-bond acceptors (Lipinski definition) is 2. The quantitative estimate of drug-likeness (QED) is 0.821. The van der Waals surface area contributed by atoms with Gasteiger partial charge in [-0.25, -0.2) is 0 Å². The Morgan fingerprint density at radius 3 is 2.42 bits per heavy atom. The van der Waals surface area contributed by atoms with Crippen molar-refractivity contribution in [1.82, 2.24) is 9.78 Å². The second-order valence-corrected chi connectivity index (χ2v) is 5.81. The fourth-order valence-corrected chi connectivity index (χ4v) is 2.24. The van der Waals surface area contributed by atoms with Crippen LogP contribution < -0.4 is 0 Å². The van der Waals surface area contributed by atoms with Gasteiger partial charge in [-0.15, -0.1) is 0 Å². The molecule has 1 unspecified atom stereocenters. The van der Waals surface area contributed by atoms with Gasteiger partial charge in [-0.1, -0.05) is 27.7 Å². The van der Waals surface area contributed by atoms with Crippen LogP contribution in [0.15, 0.2) is 12.3 Å². The highest BCUT2D eigenvalue weighted by atomic mass is 16.4. The predicted molar refractivity (Wildman–Crippen MR) is 76.1 cm³/mol. The lowest BCUT2D eigenvalue weighted by Crippen LogP contribution is -2.35. The Kier molecular flexibility index (Phi) is 5.15. The SMILES string of the molecule is CCC(CC)n1ccc(CC(C)(C(=O)O)C(C)C)n1. The predicted octanol–water partition coefficient (Wildman–Crippen LogP) is 3.53. The van der Waals surface area contributed by atoms with Crippen LogP contribution in [0.4, 0.5) is 0 Å². The molecule has 1 N–H and O–H groups in total. The van der Waals surface area contributed by atoms with E-state index in [2.05, 4.69) is 18.9 Å². The molecule has 1 heterocycles. The van der Waals surface area contributed by atoms with Crippen LogP contribution >= 0.6 is 0 Å². The topological polar surface area (TPSA) is 55.1 Å². The van der Waals surface area contributed by atoms with Gasteiger partial charge in [0.2, 0.25) is 0 Å². The van der Waals surface area contributed by atoms with Gasteiger partial charge in [-0.2, -0.15) is 5.10 Å². The van der Waals surface area contributed by atoms with Crippen molar-refractivity contribution in [2.24, 2.45) is 11.3 Å². The van der Waals surface area contributed by atoms with Gasteiger partial charge in [0.25, 0.3) is 0 Å². The van der Waals surface area contributed by atoms with Crippen LogP contribution in [0, 0.1) is 11.3 Å². The maximum atomic E-state index is 11.5. The number of rotatable bonds is 7. The zero-order valence-corrected chi connectivity index (χ0v) is 12.7. The van der Waals surface area contributed by atoms with Gasteiger partial charge in [-0.05, 0) is 31.7 Å². The van der Waals surface area contributed by atoms with Crippen molar-refractivity contribution in [3.63, 3.8) is 0 Å². The first-order valence-electron chi connectivity index (χ1n) is 7.12. The van der Waals surface area contributed by atoms with E-state index in [1.165, 1.54) is 0 Å². The number of carboxylic acid groups (broad SMARTS) is 1. The molecule has 4 nitrogen and oxygen atoms in total. The zero-order chi connectivity index (χ0) is 14.6. The van der Waals surface area contributed by atoms with Crippen LogP contribution in [0.25, 0.3) is 0 Å². The molecule has 0 saturated carbocycles. The molecule has 0 aliphatic rings. The fourth-order valence-electron chi connectivity index (χ4n) is 2.24. The number of aliphatic carboxylic acids is 1. The van der Waals surface area contributed by atoms with E-state index < -0.39 is 11.4 Å². The average molecular weight is 266 g/mol. The molecule has 108 valence electrons. The summed E-state index contributed by atoms with van der Waals surface area (Å²) in [6.07, 6.45) is 4.53. The van der Waals surface area contributed by atoms with Crippen LogP contribution in [-0.2, 0) is 11.2 Å². The molecule has 0 radical (unpaired) electrons. The molecule has 0 aromatic carbocycles. The summed E-state index contributed by atoms with van der Waals surface area (Å²) in [7, 11) is 0. The van der Waals surface area contributed by atoms with Gasteiger partial charge >= 0.3 is 5.97 Å². The Bertz CT molecular complexity index is 422. The normalized spacial score (nSPS) is 14.9. The van der Waals surface area contributed by atoms with Gasteiger partial charge in [0.15, 0.2) is 0 Å². The summed E-state index contributed by atoms with van der Waals surface area (Å²) in [5.74, 6) is -0.678. The minimum Gasteiger partial charge on any atom is -0.481 e. The molecule has 19 heavy (non-hydrogen) atoms. The number of carboxylic acids is 1. The summed E-state index contributed by atoms with van der Waals surface area (Å²) in [4.78, 5) is 11.5. The van der Waals surface area contributed by atoms with Crippen molar-refractivity contribution < 1.29 is 9.90 Å². The van der Waals surface area contributed by atoms with Gasteiger partial charge in [0, 0.05) is 12.6 Å². The van der Waals surface area contributed by atoms with Gasteiger partial charge < -0.3 is 5.11 Å². The van der Waals surface area contributed by atoms with E-state index in [0.717, 1.165) is 18.5 Å². The minimum atomic E-state index is -0.757. The lowest BCUT2D eigenvalue weighted by atomic mass is 9.75. The molecule has 1 aromatic rings. The lowest BCUT2D eigenvalue weighted by Gasteiger charge is -2.28. The second-order valence-electron chi connectivity index (χ2n) is 5.81. The Hall–Kier alpha value is -1.32. The van der Waals surface area contributed by atoms with Gasteiger partial charge in [0.1, 0.15) is 0 Å². The van der Waals surface area contributed by atoms with Crippen molar-refractivity contribution in [2.75, 3.05) is 0 Å². The van der Waals surface area contributed by atoms with Crippen LogP contribution in [0.3, 0.4) is 0 Å². The highest BCUT2D eigenvalue weighted by molar-refractivity contribution is 5.74. The zero-order valence-electron chi connectivity index (χ0n) is 12.7. The molecular formula is C15H26N2O2. The van der Waals surface area contributed by atoms with Gasteiger partial charge in [-0.3, -0.25) is 9.48 Å². The molecule has 0 saturated heterocycles. The summed E-state index contributed by atoms with van der Waals surface area (Å²) >= 11 is 0. The van der Waals surface area contributed by atoms with Crippen molar-refractivity contribution in [2.45, 2.75) is 59.9 Å². The second kappa shape index (κ2) is 6.22. The smallest absolute Gasteiger partial charge is 0.310 e. The number of aromatic nitrogens is 2. The Morgan fingerprint density at radius 1 is 1.42 bits per heavy atom. The van der Waals surface area contributed by atoms with E-state index in [1.807, 2.05) is 30.8 Å². The molecule has 0 spiro atoms. The molecule has 1 rings (SSSR count). The van der Waals surface area contributed by atoms with Crippen molar-refractivity contribution in [3.8, 4) is 0 Å². The van der Waals surface area contributed by atoms with E-state index in [0.29, 0.717) is 12.5 Å². The number of hydrogen-bond donors (Lipinski definition) is 1. The van der Waals surface area contributed by atoms with Crippen LogP contribution in [-0.4, -0.2) is 20.9 Å². The summed E-state index contributed by atoms with van der Waals surface area (Å²) < 4.78 is 1.97. The summed E-state index contributed by atoms with van der Waals surface area (Å²) in [5.41, 5.74) is 0.109. The highest BCUT2D eigenvalue weighted by Gasteiger charge is 2.37. The minimum absolute atomic E-state index is 0.0725. The van der Waals surface area contributed by atoms with Crippen molar-refractivity contribution >= 4 is 5.97 Å². The Morgan fingerprint density at radius 2 is 2.00 bits per heavy atom. The van der Waals surface area contributed by atoms with Crippen LogP contribution in [0.1, 0.15) is 59.2 Å². The Balaban J connectivity index is 2.91. The van der Waals surface area contributed by atoms with Gasteiger partial charge in [0.05, 0.1) is 17.2 Å². The van der Waals surface area contributed by atoms with E-state index in [9.17, 15) is 9.90 Å². The van der Waals surface area contributed by atoms with E-state index in [-0.39, 0.29) is 5.92 Å². The number of nitrogens with zero attached hydrogens (tertiary/aromatic N) is 2. The molecule has 1 atom stereocenters. The van der Waals surface area contributed by atoms with Crippen molar-refractivity contribution in [3.05, 3.63) is 18.0 Å². The Labute approximate surface area is 115 Å². The largest absolute Gasteiger partial charge is 0.481 e. The number of carbonyl (C=O) groups is 1. The average Bonchev–Trinajstić information content (AvgIpc) is 2.78. The standard InChI is InChI=1S/C15H26N2O2/c1-6-13(7-2)17-9-8-12(16-17)10-15(5,11(3)4)14(18)19/h8-9,11,13H,6-7,10H2,1-5H3,(H,18,19). The summed E-state index contributed by atoms with van der Waals surface area (Å²) in [6, 6.07) is 2.35. The monoisotopic (exact) mass is 266 g/mol. The molecule has 4 heteroatoms. The first kappa shape index (κ1) is 15.7. The molecular weight excluding hydrogens is 240 g/mol. The van der Waals surface area contributed by atoms with Crippen LogP contribution in [0.5, 0.6) is 0 Å². The third-order valence-electron chi connectivity index (χ3n) is 4.29. The highest BCUT2D eigenvalue weighted by Crippen LogP contribution is 2.31. The van der Waals surface area contributed by atoms with E-state index in [1.54, 1.807) is 6.92 Å². The fraction of sp³-hybridized carbons (Fsp3) is 0.733. The first-order valence-corrected chi connectivity index (χ1v) is 7.12. The lowest BCUT2D eigenvalue weighted by molar-refractivity contribution is -0.150. The third kappa shape index (κ3) is 3.37. The molecule has 0 bridgehead atoms. The van der Waals surface area contributed by atoms with E-state index >= 15 is 0 Å². The molecule has 0 aliphatic heterocycles. The summed E-state index contributed by atoms with van der Waals surface area (Å²) in [6.45, 7) is 9.99. The third-order valence-corrected chi connectivity index (χ3v) is 4.29. The molecule has 0 aliphatic carbocycles.